The van der Waals surface area contributed by atoms with Crippen LogP contribution < -0.4 is 16.0 Å². The molecule has 0 spiro atoms. The quantitative estimate of drug-likeness (QED) is 0.906. The third-order valence-corrected chi connectivity index (χ3v) is 3.83. The van der Waals surface area contributed by atoms with Crippen molar-refractivity contribution in [2.45, 2.75) is 26.2 Å². The molecule has 110 valence electrons. The molecular weight excluding hydrogens is 262 g/mol. The number of piperidine rings is 1. The van der Waals surface area contributed by atoms with Crippen LogP contribution in [0.15, 0.2) is 30.6 Å². The molecule has 0 aliphatic carbocycles. The first-order chi connectivity index (χ1) is 10.2. The summed E-state index contributed by atoms with van der Waals surface area (Å²) in [6.45, 7) is 4.10. The molecule has 5 nitrogen and oxygen atoms in total. The highest BCUT2D eigenvalue weighted by Gasteiger charge is 2.17. The zero-order valence-corrected chi connectivity index (χ0v) is 12.3. The lowest BCUT2D eigenvalue weighted by Gasteiger charge is -2.28. The second-order valence-corrected chi connectivity index (χ2v) is 5.50. The molecule has 21 heavy (non-hydrogen) atoms. The third-order valence-electron chi connectivity index (χ3n) is 3.83. The zero-order chi connectivity index (χ0) is 14.7. The predicted octanol–water partition coefficient (Wildman–Crippen LogP) is 3.10. The van der Waals surface area contributed by atoms with Crippen molar-refractivity contribution in [2.24, 2.45) is 0 Å². The van der Waals surface area contributed by atoms with E-state index in [9.17, 15) is 0 Å². The Labute approximate surface area is 125 Å². The zero-order valence-electron chi connectivity index (χ0n) is 12.3. The number of nitrogens with one attached hydrogen (secondary N) is 1. The Morgan fingerprint density at radius 1 is 1.05 bits per heavy atom. The van der Waals surface area contributed by atoms with Crippen LogP contribution in [-0.2, 0) is 0 Å². The molecule has 1 aliphatic rings. The minimum absolute atomic E-state index is 0.625. The normalized spacial score (nSPS) is 15.0. The fourth-order valence-corrected chi connectivity index (χ4v) is 2.62. The Balaban J connectivity index is 1.84. The largest absolute Gasteiger partial charge is 0.393 e. The third kappa shape index (κ3) is 3.07. The monoisotopic (exact) mass is 283 g/mol. The van der Waals surface area contributed by atoms with Crippen LogP contribution >= 0.6 is 0 Å². The fourth-order valence-electron chi connectivity index (χ4n) is 2.62. The lowest BCUT2D eigenvalue weighted by atomic mass is 10.1. The van der Waals surface area contributed by atoms with E-state index in [1.807, 2.05) is 12.1 Å². The predicted molar refractivity (Wildman–Crippen MR) is 87.0 cm³/mol. The number of nitrogen functional groups attached to an aromatic ring is 1. The first-order valence-corrected chi connectivity index (χ1v) is 7.43. The van der Waals surface area contributed by atoms with Gasteiger partial charge in [-0.3, -0.25) is 0 Å². The van der Waals surface area contributed by atoms with Gasteiger partial charge in [0.05, 0.1) is 0 Å². The van der Waals surface area contributed by atoms with Crippen LogP contribution in [0.2, 0.25) is 0 Å². The first-order valence-electron chi connectivity index (χ1n) is 7.43. The van der Waals surface area contributed by atoms with Crippen molar-refractivity contribution in [2.75, 3.05) is 29.0 Å². The molecule has 0 saturated carbocycles. The number of hydrogen-bond donors (Lipinski definition) is 2. The number of anilines is 4. The summed E-state index contributed by atoms with van der Waals surface area (Å²) in [6, 6.07) is 8.17. The van der Waals surface area contributed by atoms with Crippen LogP contribution in [0.5, 0.6) is 0 Å². The molecule has 1 aliphatic heterocycles. The van der Waals surface area contributed by atoms with E-state index in [2.05, 4.69) is 39.2 Å². The molecule has 1 saturated heterocycles. The molecule has 1 aromatic carbocycles. The van der Waals surface area contributed by atoms with Crippen molar-refractivity contribution in [3.8, 4) is 0 Å². The molecule has 3 rings (SSSR count). The molecule has 2 heterocycles. The van der Waals surface area contributed by atoms with E-state index in [0.717, 1.165) is 24.6 Å². The van der Waals surface area contributed by atoms with Gasteiger partial charge in [0.2, 0.25) is 0 Å². The van der Waals surface area contributed by atoms with Crippen LogP contribution in [0.1, 0.15) is 24.8 Å². The highest BCUT2D eigenvalue weighted by Crippen LogP contribution is 2.30. The molecule has 0 atom stereocenters. The Morgan fingerprint density at radius 3 is 2.48 bits per heavy atom. The Morgan fingerprint density at radius 2 is 1.76 bits per heavy atom. The average molecular weight is 283 g/mol. The average Bonchev–Trinajstić information content (AvgIpc) is 2.52. The highest BCUT2D eigenvalue weighted by molar-refractivity contribution is 5.78. The van der Waals surface area contributed by atoms with Gasteiger partial charge in [-0.1, -0.05) is 17.7 Å². The maximum Gasteiger partial charge on any atom is 0.159 e. The maximum absolute atomic E-state index is 6.26. The second-order valence-electron chi connectivity index (χ2n) is 5.50. The van der Waals surface area contributed by atoms with Crippen molar-refractivity contribution in [3.05, 3.63) is 36.2 Å². The van der Waals surface area contributed by atoms with Crippen molar-refractivity contribution in [1.29, 1.82) is 0 Å². The molecule has 1 aromatic heterocycles. The summed E-state index contributed by atoms with van der Waals surface area (Å²) in [5, 5.41) is 3.28. The van der Waals surface area contributed by atoms with Crippen molar-refractivity contribution in [3.63, 3.8) is 0 Å². The van der Waals surface area contributed by atoms with Crippen molar-refractivity contribution in [1.82, 2.24) is 9.97 Å². The second kappa shape index (κ2) is 5.99. The van der Waals surface area contributed by atoms with E-state index >= 15 is 0 Å². The van der Waals surface area contributed by atoms with Crippen LogP contribution in [0.3, 0.4) is 0 Å². The standard InChI is InChI=1S/C16H21N5/c1-12-5-7-13(8-6-12)20-15-14(17)16(19-11-18-15)21-9-3-2-4-10-21/h5-8,11H,2-4,9-10,17H2,1H3,(H,18,19,20). The van der Waals surface area contributed by atoms with Crippen molar-refractivity contribution < 1.29 is 0 Å². The first kappa shape index (κ1) is 13.7. The Kier molecular flexibility index (Phi) is 3.90. The van der Waals surface area contributed by atoms with Crippen LogP contribution in [0.25, 0.3) is 0 Å². The maximum atomic E-state index is 6.26. The van der Waals surface area contributed by atoms with E-state index in [0.29, 0.717) is 11.5 Å². The van der Waals surface area contributed by atoms with E-state index in [1.54, 1.807) is 6.33 Å². The molecule has 0 unspecified atom stereocenters. The van der Waals surface area contributed by atoms with Gasteiger partial charge in [-0.2, -0.15) is 0 Å². The molecule has 0 radical (unpaired) electrons. The lowest BCUT2D eigenvalue weighted by Crippen LogP contribution is -2.31. The summed E-state index contributed by atoms with van der Waals surface area (Å²) in [7, 11) is 0. The molecule has 5 heteroatoms. The number of nitrogens with zero attached hydrogens (tertiary/aromatic N) is 3. The van der Waals surface area contributed by atoms with Gasteiger partial charge < -0.3 is 16.0 Å². The molecule has 3 N–H and O–H groups in total. The van der Waals surface area contributed by atoms with Gasteiger partial charge >= 0.3 is 0 Å². The van der Waals surface area contributed by atoms with Gasteiger partial charge in [-0.05, 0) is 38.3 Å². The Hall–Kier alpha value is -2.30. The van der Waals surface area contributed by atoms with Gasteiger partial charge in [-0.15, -0.1) is 0 Å². The summed E-state index contributed by atoms with van der Waals surface area (Å²) in [6.07, 6.45) is 5.26. The number of rotatable bonds is 3. The highest BCUT2D eigenvalue weighted by atomic mass is 15.2. The minimum atomic E-state index is 0.625. The summed E-state index contributed by atoms with van der Waals surface area (Å²) >= 11 is 0. The van der Waals surface area contributed by atoms with Gasteiger partial charge in [0.15, 0.2) is 11.6 Å². The van der Waals surface area contributed by atoms with E-state index in [-0.39, 0.29) is 0 Å². The van der Waals surface area contributed by atoms with Gasteiger partial charge in [0.25, 0.3) is 0 Å². The SMILES string of the molecule is Cc1ccc(Nc2ncnc(N3CCCCC3)c2N)cc1. The van der Waals surface area contributed by atoms with Crippen LogP contribution in [0.4, 0.5) is 23.0 Å². The van der Waals surface area contributed by atoms with E-state index < -0.39 is 0 Å². The molecule has 0 amide bonds. The van der Waals surface area contributed by atoms with Crippen LogP contribution in [-0.4, -0.2) is 23.1 Å². The molecule has 2 aromatic rings. The summed E-state index contributed by atoms with van der Waals surface area (Å²) in [5.74, 6) is 1.52. The van der Waals surface area contributed by atoms with E-state index in [1.165, 1.54) is 24.8 Å². The summed E-state index contributed by atoms with van der Waals surface area (Å²) in [4.78, 5) is 10.9. The Bertz CT molecular complexity index is 603. The smallest absolute Gasteiger partial charge is 0.159 e. The minimum Gasteiger partial charge on any atom is -0.393 e. The number of aromatic nitrogens is 2. The summed E-state index contributed by atoms with van der Waals surface area (Å²) < 4.78 is 0. The van der Waals surface area contributed by atoms with Crippen molar-refractivity contribution >= 4 is 23.0 Å². The van der Waals surface area contributed by atoms with Crippen LogP contribution in [0, 0.1) is 6.92 Å². The molecular formula is C16H21N5. The van der Waals surface area contributed by atoms with Gasteiger partial charge in [0, 0.05) is 18.8 Å². The summed E-state index contributed by atoms with van der Waals surface area (Å²) in [5.41, 5.74) is 9.10. The molecule has 1 fully saturated rings. The number of benzene rings is 1. The van der Waals surface area contributed by atoms with Gasteiger partial charge in [0.1, 0.15) is 12.0 Å². The molecule has 0 bridgehead atoms. The number of nitrogens with two attached hydrogens (primary N) is 1. The topological polar surface area (TPSA) is 67.1 Å². The fraction of sp³-hybridized carbons (Fsp3) is 0.375. The van der Waals surface area contributed by atoms with Gasteiger partial charge in [-0.25, -0.2) is 9.97 Å². The number of hydrogen-bond acceptors (Lipinski definition) is 5. The number of aryl methyl sites for hydroxylation is 1. The van der Waals surface area contributed by atoms with E-state index in [4.69, 9.17) is 5.73 Å². The lowest BCUT2D eigenvalue weighted by molar-refractivity contribution is 0.574.